The number of amidine groups is 1. The molecule has 18 heavy (non-hydrogen) atoms. The highest BCUT2D eigenvalue weighted by atomic mass is 32.2. The number of nitrogens with zero attached hydrogens (tertiary/aromatic N) is 3. The van der Waals surface area contributed by atoms with Crippen LogP contribution < -0.4 is 5.32 Å². The Hall–Kier alpha value is -0.970. The first-order chi connectivity index (χ1) is 8.49. The molecule has 0 amide bonds. The summed E-state index contributed by atoms with van der Waals surface area (Å²) in [7, 11) is 1.98. The summed E-state index contributed by atoms with van der Waals surface area (Å²) in [5, 5.41) is 8.96. The Kier molecular flexibility index (Phi) is 4.00. The van der Waals surface area contributed by atoms with E-state index in [1.54, 1.807) is 0 Å². The van der Waals surface area contributed by atoms with Crippen LogP contribution in [0.25, 0.3) is 0 Å². The van der Waals surface area contributed by atoms with Crippen LogP contribution in [-0.2, 0) is 13.6 Å². The lowest BCUT2D eigenvalue weighted by molar-refractivity contribution is 0.490. The van der Waals surface area contributed by atoms with Crippen LogP contribution in [0.3, 0.4) is 0 Å². The van der Waals surface area contributed by atoms with Gasteiger partial charge in [0.15, 0.2) is 5.17 Å². The van der Waals surface area contributed by atoms with Crippen LogP contribution in [0.1, 0.15) is 30.8 Å². The van der Waals surface area contributed by atoms with Crippen LogP contribution in [0.4, 0.5) is 0 Å². The quantitative estimate of drug-likeness (QED) is 0.893. The minimum absolute atomic E-state index is 0.515. The predicted molar refractivity (Wildman–Crippen MR) is 78.0 cm³/mol. The largest absolute Gasteiger partial charge is 0.362 e. The van der Waals surface area contributed by atoms with E-state index in [0.717, 1.165) is 23.2 Å². The molecule has 0 spiro atoms. The van der Waals surface area contributed by atoms with Crippen molar-refractivity contribution in [2.75, 3.05) is 5.75 Å². The third-order valence-corrected chi connectivity index (χ3v) is 4.94. The lowest BCUT2D eigenvalue weighted by Gasteiger charge is -2.28. The number of hydrogen-bond acceptors (Lipinski definition) is 3. The van der Waals surface area contributed by atoms with E-state index < -0.39 is 0 Å². The molecule has 2 atom stereocenters. The zero-order valence-electron chi connectivity index (χ0n) is 11.8. The molecule has 4 nitrogen and oxygen atoms in total. The van der Waals surface area contributed by atoms with Gasteiger partial charge in [0, 0.05) is 30.1 Å². The molecule has 1 fully saturated rings. The highest BCUT2D eigenvalue weighted by Gasteiger charge is 2.20. The lowest BCUT2D eigenvalue weighted by atomic mass is 10.1. The zero-order valence-corrected chi connectivity index (χ0v) is 12.6. The van der Waals surface area contributed by atoms with E-state index in [9.17, 15) is 0 Å². The van der Waals surface area contributed by atoms with Gasteiger partial charge in [-0.15, -0.1) is 0 Å². The molecule has 1 aliphatic heterocycles. The minimum atomic E-state index is 0.515. The van der Waals surface area contributed by atoms with Gasteiger partial charge in [0.1, 0.15) is 0 Å². The first kappa shape index (κ1) is 13.5. The first-order valence-electron chi connectivity index (χ1n) is 6.42. The van der Waals surface area contributed by atoms with Crippen molar-refractivity contribution in [3.8, 4) is 0 Å². The van der Waals surface area contributed by atoms with E-state index in [2.05, 4.69) is 43.1 Å². The fourth-order valence-corrected chi connectivity index (χ4v) is 3.16. The molecule has 1 aromatic heterocycles. The Labute approximate surface area is 113 Å². The highest BCUT2D eigenvalue weighted by molar-refractivity contribution is 8.13. The minimum Gasteiger partial charge on any atom is -0.362 e. The van der Waals surface area contributed by atoms with Crippen LogP contribution in [-0.4, -0.2) is 26.7 Å². The number of rotatable bonds is 2. The second kappa shape index (κ2) is 5.34. The molecular formula is C13H22N4S. The SMILES string of the molecule is Cc1nn(C)c(C)c1CN=C1NC(C)C(C)CS1. The van der Waals surface area contributed by atoms with Gasteiger partial charge in [-0.25, -0.2) is 0 Å². The lowest BCUT2D eigenvalue weighted by Crippen LogP contribution is -2.41. The fraction of sp³-hybridized carbons (Fsp3) is 0.692. The Balaban J connectivity index is 2.07. The zero-order chi connectivity index (χ0) is 13.3. The van der Waals surface area contributed by atoms with Crippen LogP contribution >= 0.6 is 11.8 Å². The molecule has 0 saturated carbocycles. The topological polar surface area (TPSA) is 42.2 Å². The smallest absolute Gasteiger partial charge is 0.157 e. The number of aryl methyl sites for hydroxylation is 2. The van der Waals surface area contributed by atoms with Gasteiger partial charge in [0.2, 0.25) is 0 Å². The summed E-state index contributed by atoms with van der Waals surface area (Å²) in [5.41, 5.74) is 3.54. The van der Waals surface area contributed by atoms with Crippen molar-refractivity contribution >= 4 is 16.9 Å². The number of aromatic nitrogens is 2. The molecule has 0 aliphatic carbocycles. The summed E-state index contributed by atoms with van der Waals surface area (Å²) in [6.45, 7) is 9.37. The molecule has 0 bridgehead atoms. The summed E-state index contributed by atoms with van der Waals surface area (Å²) in [6.07, 6.45) is 0. The average molecular weight is 266 g/mol. The summed E-state index contributed by atoms with van der Waals surface area (Å²) in [5.74, 6) is 1.86. The monoisotopic (exact) mass is 266 g/mol. The van der Waals surface area contributed by atoms with E-state index in [-0.39, 0.29) is 0 Å². The molecular weight excluding hydrogens is 244 g/mol. The number of aliphatic imine (C=N–C) groups is 1. The van der Waals surface area contributed by atoms with Crippen molar-refractivity contribution in [2.24, 2.45) is 18.0 Å². The number of hydrogen-bond donors (Lipinski definition) is 1. The standard InChI is InChI=1S/C13H22N4S/c1-8-7-18-13(15-9(8)2)14-6-12-10(3)16-17(5)11(12)4/h8-9H,6-7H2,1-5H3,(H,14,15). The molecule has 5 heteroatoms. The van der Waals surface area contributed by atoms with Crippen LogP contribution in [0.5, 0.6) is 0 Å². The Bertz CT molecular complexity index is 464. The average Bonchev–Trinajstić information content (AvgIpc) is 2.56. The van der Waals surface area contributed by atoms with Gasteiger partial charge in [-0.05, 0) is 26.7 Å². The fourth-order valence-electron chi connectivity index (χ4n) is 2.02. The number of nitrogens with one attached hydrogen (secondary N) is 1. The summed E-state index contributed by atoms with van der Waals surface area (Å²) in [4.78, 5) is 4.69. The highest BCUT2D eigenvalue weighted by Crippen LogP contribution is 2.20. The Morgan fingerprint density at radius 1 is 1.44 bits per heavy atom. The molecule has 2 heterocycles. The molecule has 1 N–H and O–H groups in total. The van der Waals surface area contributed by atoms with Crippen molar-refractivity contribution in [3.05, 3.63) is 17.0 Å². The van der Waals surface area contributed by atoms with E-state index in [1.165, 1.54) is 11.3 Å². The molecule has 1 aromatic rings. The van der Waals surface area contributed by atoms with Gasteiger partial charge in [-0.1, -0.05) is 18.7 Å². The van der Waals surface area contributed by atoms with Gasteiger partial charge in [0.05, 0.1) is 12.2 Å². The van der Waals surface area contributed by atoms with Crippen LogP contribution in [0, 0.1) is 19.8 Å². The normalized spacial score (nSPS) is 26.4. The third-order valence-electron chi connectivity index (χ3n) is 3.73. The van der Waals surface area contributed by atoms with Gasteiger partial charge in [0.25, 0.3) is 0 Å². The predicted octanol–water partition coefficient (Wildman–Crippen LogP) is 2.25. The summed E-state index contributed by atoms with van der Waals surface area (Å²) >= 11 is 1.82. The molecule has 2 unspecified atom stereocenters. The van der Waals surface area contributed by atoms with Gasteiger partial charge < -0.3 is 5.32 Å². The Morgan fingerprint density at radius 2 is 2.17 bits per heavy atom. The maximum atomic E-state index is 4.69. The molecule has 1 aliphatic rings. The molecule has 2 rings (SSSR count). The molecule has 0 radical (unpaired) electrons. The molecule has 1 saturated heterocycles. The third kappa shape index (κ3) is 2.71. The summed E-state index contributed by atoms with van der Waals surface area (Å²) < 4.78 is 1.93. The van der Waals surface area contributed by atoms with E-state index in [0.29, 0.717) is 12.0 Å². The van der Waals surface area contributed by atoms with Crippen LogP contribution in [0.15, 0.2) is 4.99 Å². The van der Waals surface area contributed by atoms with Gasteiger partial charge >= 0.3 is 0 Å². The van der Waals surface area contributed by atoms with Crippen molar-refractivity contribution in [1.29, 1.82) is 0 Å². The van der Waals surface area contributed by atoms with Crippen LogP contribution in [0.2, 0.25) is 0 Å². The first-order valence-corrected chi connectivity index (χ1v) is 7.40. The second-order valence-corrected chi connectivity index (χ2v) is 6.12. The van der Waals surface area contributed by atoms with Crippen molar-refractivity contribution in [3.63, 3.8) is 0 Å². The second-order valence-electron chi connectivity index (χ2n) is 5.12. The maximum Gasteiger partial charge on any atom is 0.157 e. The van der Waals surface area contributed by atoms with Crippen molar-refractivity contribution in [2.45, 2.75) is 40.3 Å². The Morgan fingerprint density at radius 3 is 2.72 bits per heavy atom. The maximum absolute atomic E-state index is 4.69. The van der Waals surface area contributed by atoms with Gasteiger partial charge in [-0.3, -0.25) is 9.67 Å². The summed E-state index contributed by atoms with van der Waals surface area (Å²) in [6, 6.07) is 0.515. The van der Waals surface area contributed by atoms with Gasteiger partial charge in [-0.2, -0.15) is 5.10 Å². The van der Waals surface area contributed by atoms with E-state index in [4.69, 9.17) is 0 Å². The molecule has 100 valence electrons. The van der Waals surface area contributed by atoms with E-state index in [1.807, 2.05) is 23.5 Å². The number of thioether (sulfide) groups is 1. The molecule has 0 aromatic carbocycles. The van der Waals surface area contributed by atoms with Crippen molar-refractivity contribution < 1.29 is 0 Å². The van der Waals surface area contributed by atoms with E-state index >= 15 is 0 Å². The van der Waals surface area contributed by atoms with Crippen molar-refractivity contribution in [1.82, 2.24) is 15.1 Å².